The number of nitrogens with zero attached hydrogens (tertiary/aromatic N) is 1. The fourth-order valence-corrected chi connectivity index (χ4v) is 2.21. The van der Waals surface area contributed by atoms with Crippen LogP contribution >= 0.6 is 0 Å². The summed E-state index contributed by atoms with van der Waals surface area (Å²) in [7, 11) is 2.05. The summed E-state index contributed by atoms with van der Waals surface area (Å²) in [5, 5.41) is 13.3. The Labute approximate surface area is 94.8 Å². The van der Waals surface area contributed by atoms with E-state index in [4.69, 9.17) is 4.74 Å². The van der Waals surface area contributed by atoms with Crippen LogP contribution in [0.2, 0.25) is 0 Å². The van der Waals surface area contributed by atoms with E-state index in [2.05, 4.69) is 10.2 Å². The number of benzene rings is 1. The SMILES string of the molecule is CN1CCOc2ccc(C3(O)CNC3)cc21. The number of hydrogen-bond donors (Lipinski definition) is 2. The first kappa shape index (κ1) is 9.93. The van der Waals surface area contributed by atoms with Crippen LogP contribution in [0, 0.1) is 0 Å². The van der Waals surface area contributed by atoms with Crippen LogP contribution in [0.1, 0.15) is 5.56 Å². The van der Waals surface area contributed by atoms with Crippen molar-refractivity contribution in [3.63, 3.8) is 0 Å². The molecule has 0 saturated carbocycles. The van der Waals surface area contributed by atoms with Crippen molar-refractivity contribution in [2.24, 2.45) is 0 Å². The molecule has 16 heavy (non-hydrogen) atoms. The molecule has 86 valence electrons. The maximum absolute atomic E-state index is 10.2. The van der Waals surface area contributed by atoms with Gasteiger partial charge in [0, 0.05) is 20.1 Å². The van der Waals surface area contributed by atoms with Gasteiger partial charge in [-0.25, -0.2) is 0 Å². The highest BCUT2D eigenvalue weighted by atomic mass is 16.5. The van der Waals surface area contributed by atoms with Gasteiger partial charge in [0.25, 0.3) is 0 Å². The lowest BCUT2D eigenvalue weighted by atomic mass is 9.88. The summed E-state index contributed by atoms with van der Waals surface area (Å²) in [5.41, 5.74) is 1.36. The van der Waals surface area contributed by atoms with Crippen LogP contribution in [0.15, 0.2) is 18.2 Å². The summed E-state index contributed by atoms with van der Waals surface area (Å²) in [6.07, 6.45) is 0. The Balaban J connectivity index is 2.00. The van der Waals surface area contributed by atoms with Gasteiger partial charge in [-0.1, -0.05) is 6.07 Å². The van der Waals surface area contributed by atoms with Gasteiger partial charge in [-0.3, -0.25) is 0 Å². The van der Waals surface area contributed by atoms with E-state index in [1.54, 1.807) is 0 Å². The first-order chi connectivity index (χ1) is 7.69. The van der Waals surface area contributed by atoms with Gasteiger partial charge >= 0.3 is 0 Å². The molecule has 0 spiro atoms. The van der Waals surface area contributed by atoms with E-state index >= 15 is 0 Å². The van der Waals surface area contributed by atoms with E-state index in [9.17, 15) is 5.11 Å². The van der Waals surface area contributed by atoms with E-state index < -0.39 is 5.60 Å². The van der Waals surface area contributed by atoms with Crippen molar-refractivity contribution in [3.8, 4) is 5.75 Å². The minimum atomic E-state index is -0.687. The van der Waals surface area contributed by atoms with Gasteiger partial charge < -0.3 is 20.1 Å². The largest absolute Gasteiger partial charge is 0.490 e. The van der Waals surface area contributed by atoms with Crippen LogP contribution in [-0.4, -0.2) is 38.4 Å². The van der Waals surface area contributed by atoms with Gasteiger partial charge in [0.15, 0.2) is 0 Å². The van der Waals surface area contributed by atoms with Gasteiger partial charge in [0.1, 0.15) is 18.0 Å². The Morgan fingerprint density at radius 3 is 2.94 bits per heavy atom. The molecular weight excluding hydrogens is 204 g/mol. The summed E-state index contributed by atoms with van der Waals surface area (Å²) in [6.45, 7) is 2.90. The minimum absolute atomic E-state index is 0.635. The summed E-state index contributed by atoms with van der Waals surface area (Å²) in [4.78, 5) is 2.16. The second-order valence-electron chi connectivity index (χ2n) is 4.59. The second kappa shape index (κ2) is 3.37. The first-order valence-electron chi connectivity index (χ1n) is 5.61. The Kier molecular flexibility index (Phi) is 2.09. The zero-order valence-corrected chi connectivity index (χ0v) is 9.36. The van der Waals surface area contributed by atoms with Crippen molar-refractivity contribution in [1.29, 1.82) is 0 Å². The number of ether oxygens (including phenoxy) is 1. The first-order valence-corrected chi connectivity index (χ1v) is 5.61. The summed E-state index contributed by atoms with van der Waals surface area (Å²) in [6, 6.07) is 5.95. The molecule has 0 unspecified atom stereocenters. The third kappa shape index (κ3) is 1.37. The predicted octanol–water partition coefficient (Wildman–Crippen LogP) is 0.306. The van der Waals surface area contributed by atoms with Crippen molar-refractivity contribution < 1.29 is 9.84 Å². The number of β-amino-alcohol motifs (C(OH)–C–C–N with tert-alkyl or cyclic N) is 1. The van der Waals surface area contributed by atoms with Crippen molar-refractivity contribution in [1.82, 2.24) is 5.32 Å². The number of likely N-dealkylation sites (N-methyl/N-ethyl adjacent to an activating group) is 1. The van der Waals surface area contributed by atoms with Crippen LogP contribution in [0.25, 0.3) is 0 Å². The molecule has 0 aromatic heterocycles. The van der Waals surface area contributed by atoms with Gasteiger partial charge in [0.2, 0.25) is 0 Å². The molecule has 0 atom stereocenters. The van der Waals surface area contributed by atoms with Crippen molar-refractivity contribution in [2.45, 2.75) is 5.60 Å². The van der Waals surface area contributed by atoms with Gasteiger partial charge in [0.05, 0.1) is 12.2 Å². The number of anilines is 1. The number of rotatable bonds is 1. The fraction of sp³-hybridized carbons (Fsp3) is 0.500. The third-order valence-electron chi connectivity index (χ3n) is 3.43. The number of nitrogens with one attached hydrogen (secondary N) is 1. The molecule has 2 aliphatic heterocycles. The second-order valence-corrected chi connectivity index (χ2v) is 4.59. The van der Waals surface area contributed by atoms with Crippen LogP contribution in [0.5, 0.6) is 5.75 Å². The maximum atomic E-state index is 10.2. The lowest BCUT2D eigenvalue weighted by Crippen LogP contribution is -2.56. The quantitative estimate of drug-likeness (QED) is 0.715. The molecule has 0 bridgehead atoms. The zero-order valence-electron chi connectivity index (χ0n) is 9.36. The number of hydrogen-bond acceptors (Lipinski definition) is 4. The van der Waals surface area contributed by atoms with E-state index in [0.717, 1.165) is 30.2 Å². The molecule has 0 amide bonds. The minimum Gasteiger partial charge on any atom is -0.490 e. The molecular formula is C12H16N2O2. The van der Waals surface area contributed by atoms with Crippen molar-refractivity contribution >= 4 is 5.69 Å². The third-order valence-corrected chi connectivity index (χ3v) is 3.43. The van der Waals surface area contributed by atoms with Crippen molar-refractivity contribution in [3.05, 3.63) is 23.8 Å². The molecule has 1 aromatic carbocycles. The summed E-state index contributed by atoms with van der Waals surface area (Å²) in [5.74, 6) is 0.911. The van der Waals surface area contributed by atoms with E-state index in [1.807, 2.05) is 25.2 Å². The smallest absolute Gasteiger partial charge is 0.142 e. The molecule has 4 heteroatoms. The fourth-order valence-electron chi connectivity index (χ4n) is 2.21. The molecule has 2 N–H and O–H groups in total. The van der Waals surface area contributed by atoms with Crippen molar-refractivity contribution in [2.75, 3.05) is 38.2 Å². The van der Waals surface area contributed by atoms with E-state index in [-0.39, 0.29) is 0 Å². The molecule has 2 heterocycles. The van der Waals surface area contributed by atoms with Crippen LogP contribution in [0.4, 0.5) is 5.69 Å². The Morgan fingerprint density at radius 2 is 2.25 bits per heavy atom. The maximum Gasteiger partial charge on any atom is 0.142 e. The average Bonchev–Trinajstić information content (AvgIpc) is 2.26. The highest BCUT2D eigenvalue weighted by molar-refractivity contribution is 5.61. The van der Waals surface area contributed by atoms with E-state index in [0.29, 0.717) is 13.1 Å². The standard InChI is InChI=1S/C12H16N2O2/c1-14-4-5-16-11-3-2-9(6-10(11)14)12(15)7-13-8-12/h2-3,6,13,15H,4-5,7-8H2,1H3. The topological polar surface area (TPSA) is 44.7 Å². The number of aliphatic hydroxyl groups is 1. The normalized spacial score (nSPS) is 22.0. The van der Waals surface area contributed by atoms with Gasteiger partial charge in [-0.15, -0.1) is 0 Å². The number of fused-ring (bicyclic) bond motifs is 1. The molecule has 1 saturated heterocycles. The molecule has 3 rings (SSSR count). The molecule has 2 aliphatic rings. The molecule has 1 fully saturated rings. The monoisotopic (exact) mass is 220 g/mol. The molecule has 1 aromatic rings. The molecule has 0 aliphatic carbocycles. The Morgan fingerprint density at radius 1 is 1.44 bits per heavy atom. The highest BCUT2D eigenvalue weighted by Gasteiger charge is 2.36. The zero-order chi connectivity index (χ0) is 11.2. The molecule has 0 radical (unpaired) electrons. The van der Waals surface area contributed by atoms with Gasteiger partial charge in [-0.2, -0.15) is 0 Å². The highest BCUT2D eigenvalue weighted by Crippen LogP contribution is 2.35. The summed E-state index contributed by atoms with van der Waals surface area (Å²) < 4.78 is 5.57. The summed E-state index contributed by atoms with van der Waals surface area (Å²) >= 11 is 0. The molecule has 4 nitrogen and oxygen atoms in total. The average molecular weight is 220 g/mol. The van der Waals surface area contributed by atoms with E-state index in [1.165, 1.54) is 0 Å². The van der Waals surface area contributed by atoms with Crippen LogP contribution in [0.3, 0.4) is 0 Å². The lowest BCUT2D eigenvalue weighted by molar-refractivity contribution is -0.0146. The van der Waals surface area contributed by atoms with Crippen LogP contribution < -0.4 is 15.0 Å². The van der Waals surface area contributed by atoms with Gasteiger partial charge in [-0.05, 0) is 17.7 Å². The predicted molar refractivity (Wildman–Crippen MR) is 62.0 cm³/mol. The lowest BCUT2D eigenvalue weighted by Gasteiger charge is -2.39. The Hall–Kier alpha value is -1.26. The Bertz CT molecular complexity index is 415. The van der Waals surface area contributed by atoms with Crippen LogP contribution in [-0.2, 0) is 5.60 Å².